The summed E-state index contributed by atoms with van der Waals surface area (Å²) in [7, 11) is 1.66. The third-order valence-electron chi connectivity index (χ3n) is 2.60. The lowest BCUT2D eigenvalue weighted by atomic mass is 10.3. The fraction of sp³-hybridized carbons (Fsp3) is 0.455. The summed E-state index contributed by atoms with van der Waals surface area (Å²) in [6.45, 7) is 1.68. The van der Waals surface area contributed by atoms with E-state index in [4.69, 9.17) is 4.74 Å². The van der Waals surface area contributed by atoms with Crippen LogP contribution >= 0.6 is 0 Å². The Morgan fingerprint density at radius 2 is 2.07 bits per heavy atom. The average Bonchev–Trinajstić information content (AvgIpc) is 2.65. The van der Waals surface area contributed by atoms with Crippen LogP contribution in [-0.4, -0.2) is 31.4 Å². The van der Waals surface area contributed by atoms with E-state index in [0.717, 1.165) is 30.9 Å². The minimum absolute atomic E-state index is 0.169. The van der Waals surface area contributed by atoms with Gasteiger partial charge in [-0.2, -0.15) is 0 Å². The number of rotatable bonds is 2. The molecule has 1 aromatic carbocycles. The van der Waals surface area contributed by atoms with Crippen molar-refractivity contribution in [1.82, 2.24) is 0 Å². The highest BCUT2D eigenvalue weighted by atomic mass is 16.5. The van der Waals surface area contributed by atoms with E-state index in [0.29, 0.717) is 0 Å². The maximum atomic E-state index is 9.40. The predicted molar refractivity (Wildman–Crippen MR) is 55.8 cm³/mol. The van der Waals surface area contributed by atoms with Crippen LogP contribution in [0.4, 0.5) is 5.69 Å². The van der Waals surface area contributed by atoms with Crippen LogP contribution in [0.25, 0.3) is 0 Å². The van der Waals surface area contributed by atoms with Crippen molar-refractivity contribution in [1.29, 1.82) is 0 Å². The van der Waals surface area contributed by atoms with Crippen molar-refractivity contribution in [3.63, 3.8) is 0 Å². The molecule has 0 amide bonds. The highest BCUT2D eigenvalue weighted by Crippen LogP contribution is 2.22. The molecule has 76 valence electrons. The third kappa shape index (κ3) is 1.82. The van der Waals surface area contributed by atoms with Crippen molar-refractivity contribution in [2.75, 3.05) is 25.1 Å². The van der Waals surface area contributed by atoms with Crippen LogP contribution in [0.1, 0.15) is 6.42 Å². The molecule has 3 heteroatoms. The molecule has 1 aliphatic heterocycles. The molecule has 2 rings (SSSR count). The van der Waals surface area contributed by atoms with E-state index in [9.17, 15) is 5.11 Å². The van der Waals surface area contributed by atoms with Gasteiger partial charge in [0, 0.05) is 18.8 Å². The minimum atomic E-state index is -0.169. The van der Waals surface area contributed by atoms with Gasteiger partial charge in [0.15, 0.2) is 0 Å². The molecule has 0 aromatic heterocycles. The number of benzene rings is 1. The van der Waals surface area contributed by atoms with E-state index in [1.165, 1.54) is 0 Å². The van der Waals surface area contributed by atoms with E-state index in [2.05, 4.69) is 4.90 Å². The average molecular weight is 193 g/mol. The van der Waals surface area contributed by atoms with Gasteiger partial charge >= 0.3 is 0 Å². The first kappa shape index (κ1) is 9.34. The first-order valence-corrected chi connectivity index (χ1v) is 4.86. The van der Waals surface area contributed by atoms with Gasteiger partial charge in [-0.15, -0.1) is 0 Å². The van der Waals surface area contributed by atoms with Crippen LogP contribution in [-0.2, 0) is 0 Å². The van der Waals surface area contributed by atoms with Gasteiger partial charge in [0.1, 0.15) is 5.75 Å². The van der Waals surface area contributed by atoms with Crippen LogP contribution in [0.15, 0.2) is 24.3 Å². The van der Waals surface area contributed by atoms with Crippen LogP contribution < -0.4 is 9.64 Å². The van der Waals surface area contributed by atoms with E-state index in [-0.39, 0.29) is 6.10 Å². The SMILES string of the molecule is COc1ccc(N2CCC(O)C2)cc1. The van der Waals surface area contributed by atoms with Gasteiger partial charge in [-0.1, -0.05) is 0 Å². The fourth-order valence-electron chi connectivity index (χ4n) is 1.77. The highest BCUT2D eigenvalue weighted by molar-refractivity contribution is 5.49. The normalized spacial score (nSPS) is 21.3. The van der Waals surface area contributed by atoms with Gasteiger partial charge in [-0.3, -0.25) is 0 Å². The molecule has 0 aliphatic carbocycles. The van der Waals surface area contributed by atoms with Crippen molar-refractivity contribution in [3.8, 4) is 5.75 Å². The number of aliphatic hydroxyl groups is 1. The number of β-amino-alcohol motifs (C(OH)–C–C–N with tert-alkyl or cyclic N) is 1. The minimum Gasteiger partial charge on any atom is -0.497 e. The lowest BCUT2D eigenvalue weighted by molar-refractivity contribution is 0.198. The quantitative estimate of drug-likeness (QED) is 0.767. The van der Waals surface area contributed by atoms with Crippen LogP contribution in [0.5, 0.6) is 5.75 Å². The first-order valence-electron chi connectivity index (χ1n) is 4.86. The lowest BCUT2D eigenvalue weighted by Crippen LogP contribution is -2.20. The molecule has 14 heavy (non-hydrogen) atoms. The van der Waals surface area contributed by atoms with Crippen molar-refractivity contribution in [2.45, 2.75) is 12.5 Å². The number of methoxy groups -OCH3 is 1. The lowest BCUT2D eigenvalue weighted by Gasteiger charge is -2.17. The zero-order valence-corrected chi connectivity index (χ0v) is 8.31. The molecule has 1 heterocycles. The number of nitrogens with zero attached hydrogens (tertiary/aromatic N) is 1. The molecule has 0 bridgehead atoms. The van der Waals surface area contributed by atoms with Gasteiger partial charge in [0.05, 0.1) is 13.2 Å². The smallest absolute Gasteiger partial charge is 0.119 e. The molecule has 0 spiro atoms. The molecule has 1 aliphatic rings. The molecule has 1 N–H and O–H groups in total. The van der Waals surface area contributed by atoms with Crippen molar-refractivity contribution < 1.29 is 9.84 Å². The van der Waals surface area contributed by atoms with E-state index >= 15 is 0 Å². The topological polar surface area (TPSA) is 32.7 Å². The Labute approximate surface area is 83.9 Å². The Hall–Kier alpha value is -1.22. The number of hydrogen-bond donors (Lipinski definition) is 1. The van der Waals surface area contributed by atoms with Gasteiger partial charge in [-0.05, 0) is 30.7 Å². The molecule has 1 aromatic rings. The van der Waals surface area contributed by atoms with Crippen LogP contribution in [0.3, 0.4) is 0 Å². The Kier molecular flexibility index (Phi) is 2.59. The van der Waals surface area contributed by atoms with Gasteiger partial charge in [0.2, 0.25) is 0 Å². The van der Waals surface area contributed by atoms with Gasteiger partial charge < -0.3 is 14.7 Å². The molecule has 1 unspecified atom stereocenters. The number of hydrogen-bond acceptors (Lipinski definition) is 3. The summed E-state index contributed by atoms with van der Waals surface area (Å²) in [6, 6.07) is 7.94. The van der Waals surface area contributed by atoms with E-state index in [1.807, 2.05) is 24.3 Å². The Balaban J connectivity index is 2.09. The Bertz CT molecular complexity index is 297. The summed E-state index contributed by atoms with van der Waals surface area (Å²) in [5.41, 5.74) is 1.15. The van der Waals surface area contributed by atoms with Gasteiger partial charge in [-0.25, -0.2) is 0 Å². The molecule has 1 atom stereocenters. The molecule has 0 radical (unpaired) electrons. The Morgan fingerprint density at radius 3 is 2.57 bits per heavy atom. The van der Waals surface area contributed by atoms with E-state index < -0.39 is 0 Å². The van der Waals surface area contributed by atoms with Crippen molar-refractivity contribution in [3.05, 3.63) is 24.3 Å². The molecule has 1 saturated heterocycles. The summed E-state index contributed by atoms with van der Waals surface area (Å²) in [4.78, 5) is 2.18. The maximum Gasteiger partial charge on any atom is 0.119 e. The van der Waals surface area contributed by atoms with Crippen molar-refractivity contribution >= 4 is 5.69 Å². The molecular weight excluding hydrogens is 178 g/mol. The van der Waals surface area contributed by atoms with E-state index in [1.54, 1.807) is 7.11 Å². The number of anilines is 1. The third-order valence-corrected chi connectivity index (χ3v) is 2.60. The van der Waals surface area contributed by atoms with Crippen LogP contribution in [0, 0.1) is 0 Å². The fourth-order valence-corrected chi connectivity index (χ4v) is 1.77. The molecule has 1 fully saturated rings. The largest absolute Gasteiger partial charge is 0.497 e. The summed E-state index contributed by atoms with van der Waals surface area (Å²) in [6.07, 6.45) is 0.698. The van der Waals surface area contributed by atoms with Crippen molar-refractivity contribution in [2.24, 2.45) is 0 Å². The summed E-state index contributed by atoms with van der Waals surface area (Å²) >= 11 is 0. The predicted octanol–water partition coefficient (Wildman–Crippen LogP) is 1.27. The number of ether oxygens (including phenoxy) is 1. The number of aliphatic hydroxyl groups excluding tert-OH is 1. The zero-order chi connectivity index (χ0) is 9.97. The standard InChI is InChI=1S/C11H15NO2/c1-14-11-4-2-9(3-5-11)12-7-6-10(13)8-12/h2-5,10,13H,6-8H2,1H3. The second kappa shape index (κ2) is 3.88. The second-order valence-electron chi connectivity index (χ2n) is 3.59. The molecule has 0 saturated carbocycles. The molecule has 3 nitrogen and oxygen atoms in total. The molecular formula is C11H15NO2. The maximum absolute atomic E-state index is 9.40. The van der Waals surface area contributed by atoms with Gasteiger partial charge in [0.25, 0.3) is 0 Å². The first-order chi connectivity index (χ1) is 6.79. The summed E-state index contributed by atoms with van der Waals surface area (Å²) in [5, 5.41) is 9.40. The Morgan fingerprint density at radius 1 is 1.36 bits per heavy atom. The second-order valence-corrected chi connectivity index (χ2v) is 3.59. The van der Waals surface area contributed by atoms with Crippen LogP contribution in [0.2, 0.25) is 0 Å². The monoisotopic (exact) mass is 193 g/mol. The summed E-state index contributed by atoms with van der Waals surface area (Å²) < 4.78 is 5.09. The zero-order valence-electron chi connectivity index (χ0n) is 8.31. The summed E-state index contributed by atoms with van der Waals surface area (Å²) in [5.74, 6) is 0.869. The highest BCUT2D eigenvalue weighted by Gasteiger charge is 2.19.